The highest BCUT2D eigenvalue weighted by Crippen LogP contribution is 2.26. The number of carbonyl (C=O) groups excluding carboxylic acids is 11. The number of benzene rings is 3. The molecule has 20 N–H and O–H groups in total. The molecule has 0 spiro atoms. The van der Waals surface area contributed by atoms with Gasteiger partial charge in [0.2, 0.25) is 65.0 Å². The van der Waals surface area contributed by atoms with Crippen LogP contribution in [0.1, 0.15) is 56.1 Å². The summed E-state index contributed by atoms with van der Waals surface area (Å²) in [6.07, 6.45) is -1.45. The second-order valence-electron chi connectivity index (χ2n) is 18.8. The number of amides is 11. The lowest BCUT2D eigenvalue weighted by molar-refractivity contribution is -0.142. The molecule has 2 saturated heterocycles. The van der Waals surface area contributed by atoms with Crippen LogP contribution in [-0.4, -0.2) is 160 Å². The largest absolute Gasteiger partial charge is 0.508 e. The first-order valence-electron chi connectivity index (χ1n) is 25.1. The zero-order chi connectivity index (χ0) is 57.8. The number of rotatable bonds is 19. The fourth-order valence-electron chi connectivity index (χ4n) is 8.55. The van der Waals surface area contributed by atoms with E-state index < -0.39 is 139 Å². The maximum Gasteiger partial charge on any atom is 0.246 e. The molecule has 2 heterocycles. The van der Waals surface area contributed by atoms with Crippen LogP contribution in [0.4, 0.5) is 0 Å². The van der Waals surface area contributed by atoms with E-state index in [1.165, 1.54) is 29.2 Å². The molecule has 2 aliphatic heterocycles. The molecule has 0 aromatic heterocycles. The van der Waals surface area contributed by atoms with Crippen LogP contribution in [0.5, 0.6) is 5.75 Å². The molecule has 0 bridgehead atoms. The van der Waals surface area contributed by atoms with E-state index in [1.54, 1.807) is 12.1 Å². The molecule has 2 fully saturated rings. The molecular weight excluding hydrogens is 1070 g/mol. The number of nitrogens with two attached hydrogens (primary N) is 6. The van der Waals surface area contributed by atoms with E-state index >= 15 is 0 Å². The highest BCUT2D eigenvalue weighted by atomic mass is 33.1. The molecule has 0 radical (unpaired) electrons. The van der Waals surface area contributed by atoms with Gasteiger partial charge in [0.25, 0.3) is 0 Å². The lowest BCUT2D eigenvalue weighted by Gasteiger charge is -2.31. The minimum absolute atomic E-state index is 0.00129. The summed E-state index contributed by atoms with van der Waals surface area (Å²) in [4.78, 5) is 155. The molecular formula is C50H67N15O12S2. The molecule has 29 heteroatoms. The van der Waals surface area contributed by atoms with Gasteiger partial charge in [-0.2, -0.15) is 0 Å². The number of fused-ring (bicyclic) bond motifs is 1. The molecule has 5 rings (SSSR count). The summed E-state index contributed by atoms with van der Waals surface area (Å²) < 4.78 is 0. The van der Waals surface area contributed by atoms with E-state index in [1.807, 2.05) is 30.3 Å². The van der Waals surface area contributed by atoms with Crippen molar-refractivity contribution in [1.82, 2.24) is 42.1 Å². The van der Waals surface area contributed by atoms with Gasteiger partial charge < -0.3 is 81.6 Å². The van der Waals surface area contributed by atoms with Crippen molar-refractivity contribution >= 4 is 103 Å². The monoisotopic (exact) mass is 1130 g/mol. The number of aromatic hydroxyl groups is 1. The molecule has 0 saturated carbocycles. The number of aliphatic imine (C=N–C) groups is 1. The minimum atomic E-state index is -1.81. The van der Waals surface area contributed by atoms with E-state index in [4.69, 9.17) is 34.4 Å². The smallest absolute Gasteiger partial charge is 0.246 e. The summed E-state index contributed by atoms with van der Waals surface area (Å²) in [5.74, 6) is -10.6. The van der Waals surface area contributed by atoms with Crippen LogP contribution in [0.2, 0.25) is 0 Å². The first-order valence-corrected chi connectivity index (χ1v) is 27.6. The molecule has 79 heavy (non-hydrogen) atoms. The van der Waals surface area contributed by atoms with Gasteiger partial charge in [-0.1, -0.05) is 76.2 Å². The number of hydrogen-bond donors (Lipinski definition) is 14. The number of nitrogens with one attached hydrogen (secondary N) is 7. The molecule has 8 atom stereocenters. The second-order valence-corrected chi connectivity index (χ2v) is 21.3. The third kappa shape index (κ3) is 19.7. The molecule has 2 unspecified atom stereocenters. The summed E-state index contributed by atoms with van der Waals surface area (Å²) >= 11 is 0. The predicted octanol–water partition coefficient (Wildman–Crippen LogP) is -4.25. The number of guanidine groups is 1. The Labute approximate surface area is 461 Å². The van der Waals surface area contributed by atoms with Gasteiger partial charge in [0.15, 0.2) is 5.96 Å². The molecule has 3 aromatic carbocycles. The maximum absolute atomic E-state index is 14.7. The molecule has 2 aliphatic rings. The van der Waals surface area contributed by atoms with E-state index in [0.717, 1.165) is 32.4 Å². The van der Waals surface area contributed by atoms with Crippen molar-refractivity contribution in [3.63, 3.8) is 0 Å². The predicted molar refractivity (Wildman–Crippen MR) is 293 cm³/mol. The number of hydrogen-bond acceptors (Lipinski definition) is 16. The number of phenols is 1. The van der Waals surface area contributed by atoms with Gasteiger partial charge in [0.1, 0.15) is 48.0 Å². The summed E-state index contributed by atoms with van der Waals surface area (Å²) in [5.41, 5.74) is 34.6. The Morgan fingerprint density at radius 3 is 1.95 bits per heavy atom. The first kappa shape index (κ1) is 61.7. The van der Waals surface area contributed by atoms with E-state index in [9.17, 15) is 57.8 Å². The quantitative estimate of drug-likeness (QED) is 0.0234. The highest BCUT2D eigenvalue weighted by molar-refractivity contribution is 8.76. The number of nitrogens with zero attached hydrogens (tertiary/aromatic N) is 2. The average Bonchev–Trinajstić information content (AvgIpc) is 3.96. The van der Waals surface area contributed by atoms with E-state index in [0.29, 0.717) is 17.5 Å². The summed E-state index contributed by atoms with van der Waals surface area (Å²) in [6, 6.07) is 6.98. The van der Waals surface area contributed by atoms with Gasteiger partial charge in [-0.05, 0) is 66.1 Å². The van der Waals surface area contributed by atoms with Crippen LogP contribution in [0.3, 0.4) is 0 Å². The first-order chi connectivity index (χ1) is 37.6. The molecule has 0 aliphatic carbocycles. The Morgan fingerprint density at radius 2 is 1.29 bits per heavy atom. The van der Waals surface area contributed by atoms with Crippen LogP contribution in [0.25, 0.3) is 10.8 Å². The van der Waals surface area contributed by atoms with Crippen molar-refractivity contribution < 1.29 is 57.8 Å². The normalized spacial score (nSPS) is 22.1. The van der Waals surface area contributed by atoms with Crippen molar-refractivity contribution in [2.75, 3.05) is 31.1 Å². The lowest BCUT2D eigenvalue weighted by atomic mass is 9.99. The van der Waals surface area contributed by atoms with Crippen LogP contribution < -0.4 is 71.6 Å². The van der Waals surface area contributed by atoms with E-state index in [2.05, 4.69) is 42.2 Å². The van der Waals surface area contributed by atoms with Crippen molar-refractivity contribution in [2.45, 2.75) is 106 Å². The minimum Gasteiger partial charge on any atom is -0.508 e. The van der Waals surface area contributed by atoms with Crippen molar-refractivity contribution in [2.24, 2.45) is 39.4 Å². The number of likely N-dealkylation sites (tertiary alicyclic amines) is 1. The van der Waals surface area contributed by atoms with Crippen LogP contribution in [0.15, 0.2) is 71.7 Å². The zero-order valence-electron chi connectivity index (χ0n) is 43.0. The topological polar surface area (TPSA) is 464 Å². The van der Waals surface area contributed by atoms with Crippen molar-refractivity contribution in [1.29, 1.82) is 0 Å². The fraction of sp³-hybridized carbons (Fsp3) is 0.440. The number of primary amides is 3. The second kappa shape index (κ2) is 30.1. The maximum atomic E-state index is 14.7. The standard InChI is InChI=1S/C50H67N15O12S2/c51-31-24-78-79-25-37(49(77)65-18-4-8-38(65)48(76)60-32(7-3-17-57-50(55)56)43(71)58-23-41(54)69)64-47(75)36(22-40(53)68)63-44(72)33(15-16-39(52)67)59-45(73)35(21-27-9-12-28-5-1-2-6-29(28)19-27)62-46(74)34(61-42(31)70)20-26-10-13-30(66)14-11-26/h1-2,5-6,9-14,19,31-38,66H,3-4,7-8,15-18,20-25,51H2,(H2,52,67)(H2,53,68)(H2,54,69)(H,58,71)(H,59,73)(H,60,76)(H,61,70)(H,62,74)(H,63,72)(H,64,75)(H4,55,56,57)/t31-,32-,33-,34?,35-,36?,37-,38-/m0/s1. The highest BCUT2D eigenvalue weighted by Gasteiger charge is 2.41. The van der Waals surface area contributed by atoms with Crippen LogP contribution in [-0.2, 0) is 65.6 Å². The molecule has 426 valence electrons. The van der Waals surface area contributed by atoms with Gasteiger partial charge in [-0.15, -0.1) is 0 Å². The number of carbonyl (C=O) groups is 11. The lowest BCUT2D eigenvalue weighted by Crippen LogP contribution is -2.61. The van der Waals surface area contributed by atoms with Gasteiger partial charge in [0, 0.05) is 43.9 Å². The summed E-state index contributed by atoms with van der Waals surface area (Å²) in [6.45, 7) is -0.450. The molecule has 3 aromatic rings. The van der Waals surface area contributed by atoms with Crippen molar-refractivity contribution in [3.05, 3.63) is 77.9 Å². The molecule has 11 amide bonds. The van der Waals surface area contributed by atoms with E-state index in [-0.39, 0.29) is 68.4 Å². The van der Waals surface area contributed by atoms with Crippen molar-refractivity contribution in [3.8, 4) is 5.75 Å². The summed E-state index contributed by atoms with van der Waals surface area (Å²) in [7, 11) is 2.00. The Bertz CT molecular complexity index is 2770. The van der Waals surface area contributed by atoms with Gasteiger partial charge in [-0.25, -0.2) is 0 Å². The summed E-state index contributed by atoms with van der Waals surface area (Å²) in [5, 5.41) is 29.5. The Morgan fingerprint density at radius 1 is 0.696 bits per heavy atom. The Kier molecular flexibility index (Phi) is 23.5. The third-order valence-electron chi connectivity index (χ3n) is 12.6. The van der Waals surface area contributed by atoms with Gasteiger partial charge >= 0.3 is 0 Å². The third-order valence-corrected chi connectivity index (χ3v) is 15.1. The number of phenolic OH excluding ortho intramolecular Hbond substituents is 1. The van der Waals surface area contributed by atoms with Gasteiger partial charge in [-0.3, -0.25) is 57.7 Å². The fourth-order valence-corrected chi connectivity index (χ4v) is 10.8. The zero-order valence-corrected chi connectivity index (χ0v) is 44.6. The van der Waals surface area contributed by atoms with Gasteiger partial charge in [0.05, 0.1) is 19.0 Å². The average molecular weight is 1130 g/mol. The van der Waals surface area contributed by atoms with Crippen LogP contribution in [0, 0.1) is 0 Å². The SMILES string of the molecule is NC(=O)CC[C@@H]1NC(=O)[C@H](Cc2ccc3ccccc3c2)NC(=O)C(Cc2ccc(O)cc2)NC(=O)[C@@H](N)CSSC[C@@H](C(=O)N2CCC[C@H]2C(=O)N[C@@H](CCCN=C(N)N)C(=O)NCC(N)=O)NC(=O)C(CC(N)=O)NC1=O. The Hall–Kier alpha value is -8.18. The molecule has 27 nitrogen and oxygen atoms in total. The Balaban J connectivity index is 1.49. The van der Waals surface area contributed by atoms with Crippen LogP contribution >= 0.6 is 21.6 Å².